The Morgan fingerprint density at radius 1 is 1.60 bits per heavy atom. The number of carbonyl (C=O) groups is 1. The van der Waals surface area contributed by atoms with E-state index in [1.165, 1.54) is 0 Å². The minimum absolute atomic E-state index is 0.0554. The molecule has 0 unspecified atom stereocenters. The maximum absolute atomic E-state index is 11.5. The number of nitrogens with zero attached hydrogens (tertiary/aromatic N) is 1. The van der Waals surface area contributed by atoms with Crippen molar-refractivity contribution in [2.24, 2.45) is 0 Å². The zero-order chi connectivity index (χ0) is 11.3. The average molecular weight is 271 g/mol. The van der Waals surface area contributed by atoms with Crippen molar-refractivity contribution in [1.29, 1.82) is 0 Å². The van der Waals surface area contributed by atoms with Crippen molar-refractivity contribution in [2.45, 2.75) is 33.1 Å². The van der Waals surface area contributed by atoms with Crippen molar-refractivity contribution in [3.8, 4) is 0 Å². The molecule has 4 heteroatoms. The summed E-state index contributed by atoms with van der Waals surface area (Å²) in [5, 5.41) is 2.85. The number of rotatable bonds is 4. The molecule has 0 spiro atoms. The molecule has 0 bridgehead atoms. The van der Waals surface area contributed by atoms with E-state index in [4.69, 9.17) is 0 Å². The number of hydrogen-bond donors (Lipinski definition) is 1. The van der Waals surface area contributed by atoms with Crippen LogP contribution >= 0.6 is 15.9 Å². The Hall–Kier alpha value is -0.900. The third-order valence-electron chi connectivity index (χ3n) is 2.09. The molecular weight excluding hydrogens is 256 g/mol. The van der Waals surface area contributed by atoms with Gasteiger partial charge in [-0.15, -0.1) is 0 Å². The summed E-state index contributed by atoms with van der Waals surface area (Å²) < 4.78 is 0.874. The van der Waals surface area contributed by atoms with Crippen molar-refractivity contribution in [1.82, 2.24) is 4.98 Å². The fourth-order valence-electron chi connectivity index (χ4n) is 1.18. The Bertz CT molecular complexity index is 352. The third kappa shape index (κ3) is 4.00. The molecule has 15 heavy (non-hydrogen) atoms. The van der Waals surface area contributed by atoms with Gasteiger partial charge in [0, 0.05) is 17.1 Å². The van der Waals surface area contributed by atoms with Crippen molar-refractivity contribution in [3.05, 3.63) is 22.4 Å². The fraction of sp³-hybridized carbons (Fsp3) is 0.455. The summed E-state index contributed by atoms with van der Waals surface area (Å²) in [5.74, 6) is 0.0554. The van der Waals surface area contributed by atoms with Gasteiger partial charge in [-0.3, -0.25) is 9.78 Å². The van der Waals surface area contributed by atoms with E-state index in [9.17, 15) is 4.79 Å². The molecule has 1 heterocycles. The summed E-state index contributed by atoms with van der Waals surface area (Å²) in [5.41, 5.74) is 1.62. The molecule has 1 N–H and O–H groups in total. The molecular formula is C11H15BrN2O. The Morgan fingerprint density at radius 2 is 2.33 bits per heavy atom. The summed E-state index contributed by atoms with van der Waals surface area (Å²) >= 11 is 3.33. The first-order valence-electron chi connectivity index (χ1n) is 5.05. The smallest absolute Gasteiger partial charge is 0.224 e. The second-order valence-electron chi connectivity index (χ2n) is 3.44. The van der Waals surface area contributed by atoms with Gasteiger partial charge in [0.15, 0.2) is 0 Å². The number of carbonyl (C=O) groups excluding carboxylic acids is 1. The number of amides is 1. The second-order valence-corrected chi connectivity index (χ2v) is 4.35. The molecule has 1 rings (SSSR count). The molecule has 0 aromatic carbocycles. The number of anilines is 1. The summed E-state index contributed by atoms with van der Waals surface area (Å²) in [4.78, 5) is 15.6. The third-order valence-corrected chi connectivity index (χ3v) is 2.52. The molecule has 0 aliphatic rings. The van der Waals surface area contributed by atoms with Crippen LogP contribution < -0.4 is 5.32 Å². The highest BCUT2D eigenvalue weighted by molar-refractivity contribution is 9.10. The largest absolute Gasteiger partial charge is 0.324 e. The first-order valence-corrected chi connectivity index (χ1v) is 5.84. The van der Waals surface area contributed by atoms with Gasteiger partial charge in [-0.1, -0.05) is 13.3 Å². The molecule has 0 fully saturated rings. The van der Waals surface area contributed by atoms with E-state index in [2.05, 4.69) is 33.2 Å². The molecule has 0 aliphatic carbocycles. The van der Waals surface area contributed by atoms with Gasteiger partial charge >= 0.3 is 0 Å². The molecule has 3 nitrogen and oxygen atoms in total. The lowest BCUT2D eigenvalue weighted by Gasteiger charge is -2.07. The van der Waals surface area contributed by atoms with E-state index in [1.807, 2.05) is 13.0 Å². The van der Waals surface area contributed by atoms with E-state index < -0.39 is 0 Å². The molecule has 0 saturated heterocycles. The zero-order valence-electron chi connectivity index (χ0n) is 9.01. The lowest BCUT2D eigenvalue weighted by molar-refractivity contribution is -0.116. The predicted molar refractivity (Wildman–Crippen MR) is 64.8 cm³/mol. The number of pyridine rings is 1. The maximum Gasteiger partial charge on any atom is 0.224 e. The molecule has 1 aromatic heterocycles. The van der Waals surface area contributed by atoms with Crippen LogP contribution in [0.15, 0.2) is 16.7 Å². The Balaban J connectivity index is 2.63. The van der Waals surface area contributed by atoms with Gasteiger partial charge in [0.1, 0.15) is 0 Å². The summed E-state index contributed by atoms with van der Waals surface area (Å²) in [7, 11) is 0. The lowest BCUT2D eigenvalue weighted by Crippen LogP contribution is -2.12. The number of unbranched alkanes of at least 4 members (excludes halogenated alkanes) is 1. The number of nitrogens with one attached hydrogen (secondary N) is 1. The van der Waals surface area contributed by atoms with Crippen LogP contribution in [0.2, 0.25) is 0 Å². The molecule has 1 amide bonds. The van der Waals surface area contributed by atoms with Crippen molar-refractivity contribution in [2.75, 3.05) is 5.32 Å². The quantitative estimate of drug-likeness (QED) is 0.913. The van der Waals surface area contributed by atoms with Gasteiger partial charge in [0.05, 0.1) is 11.4 Å². The van der Waals surface area contributed by atoms with Gasteiger partial charge in [0.2, 0.25) is 5.91 Å². The fourth-order valence-corrected chi connectivity index (χ4v) is 1.52. The minimum Gasteiger partial charge on any atom is -0.324 e. The molecule has 82 valence electrons. The van der Waals surface area contributed by atoms with Gasteiger partial charge in [-0.2, -0.15) is 0 Å². The van der Waals surface area contributed by atoms with Gasteiger partial charge < -0.3 is 5.32 Å². The van der Waals surface area contributed by atoms with Crippen molar-refractivity contribution < 1.29 is 4.79 Å². The van der Waals surface area contributed by atoms with Gasteiger partial charge in [-0.05, 0) is 35.3 Å². The number of aromatic nitrogens is 1. The number of halogens is 1. The Morgan fingerprint density at radius 3 is 3.00 bits per heavy atom. The molecule has 0 aliphatic heterocycles. The van der Waals surface area contributed by atoms with Crippen LogP contribution in [0.3, 0.4) is 0 Å². The SMILES string of the molecule is CCCCC(=O)Nc1cc(Br)cnc1C. The monoisotopic (exact) mass is 270 g/mol. The summed E-state index contributed by atoms with van der Waals surface area (Å²) in [6, 6.07) is 1.87. The van der Waals surface area contributed by atoms with Crippen LogP contribution in [0.25, 0.3) is 0 Å². The summed E-state index contributed by atoms with van der Waals surface area (Å²) in [6.07, 6.45) is 4.24. The van der Waals surface area contributed by atoms with Gasteiger partial charge in [0.25, 0.3) is 0 Å². The second kappa shape index (κ2) is 5.85. The van der Waals surface area contributed by atoms with E-state index in [0.29, 0.717) is 6.42 Å². The van der Waals surface area contributed by atoms with E-state index in [0.717, 1.165) is 28.7 Å². The van der Waals surface area contributed by atoms with Crippen LogP contribution in [0.5, 0.6) is 0 Å². The van der Waals surface area contributed by atoms with Crippen molar-refractivity contribution >= 4 is 27.5 Å². The van der Waals surface area contributed by atoms with Crippen LogP contribution in [0.1, 0.15) is 31.9 Å². The van der Waals surface area contributed by atoms with Crippen LogP contribution in [0, 0.1) is 6.92 Å². The standard InChI is InChI=1S/C11H15BrN2O/c1-3-4-5-11(15)14-10-6-9(12)7-13-8(10)2/h6-7H,3-5H2,1-2H3,(H,14,15). The molecule has 0 atom stereocenters. The van der Waals surface area contributed by atoms with E-state index in [1.54, 1.807) is 6.20 Å². The summed E-state index contributed by atoms with van der Waals surface area (Å²) in [6.45, 7) is 3.95. The van der Waals surface area contributed by atoms with E-state index in [-0.39, 0.29) is 5.91 Å². The Kier molecular flexibility index (Phi) is 4.75. The minimum atomic E-state index is 0.0554. The van der Waals surface area contributed by atoms with E-state index >= 15 is 0 Å². The molecule has 0 saturated carbocycles. The first-order chi connectivity index (χ1) is 7.13. The Labute approximate surface area is 98.4 Å². The molecule has 0 radical (unpaired) electrons. The van der Waals surface area contributed by atoms with Crippen LogP contribution in [-0.2, 0) is 4.79 Å². The maximum atomic E-state index is 11.5. The van der Waals surface area contributed by atoms with Crippen LogP contribution in [-0.4, -0.2) is 10.9 Å². The molecule has 1 aromatic rings. The van der Waals surface area contributed by atoms with Crippen LogP contribution in [0.4, 0.5) is 5.69 Å². The normalized spacial score (nSPS) is 10.1. The number of hydrogen-bond acceptors (Lipinski definition) is 2. The highest BCUT2D eigenvalue weighted by atomic mass is 79.9. The van der Waals surface area contributed by atoms with Crippen molar-refractivity contribution in [3.63, 3.8) is 0 Å². The topological polar surface area (TPSA) is 42.0 Å². The average Bonchev–Trinajstić information content (AvgIpc) is 2.20. The number of aryl methyl sites for hydroxylation is 1. The zero-order valence-corrected chi connectivity index (χ0v) is 10.6. The first kappa shape index (κ1) is 12.2. The lowest BCUT2D eigenvalue weighted by atomic mass is 10.2. The highest BCUT2D eigenvalue weighted by Gasteiger charge is 2.05. The van der Waals surface area contributed by atoms with Gasteiger partial charge in [-0.25, -0.2) is 0 Å². The predicted octanol–water partition coefficient (Wildman–Crippen LogP) is 3.28. The highest BCUT2D eigenvalue weighted by Crippen LogP contribution is 2.18.